The van der Waals surface area contributed by atoms with Crippen LogP contribution in [-0.2, 0) is 10.2 Å². The average Bonchev–Trinajstić information content (AvgIpc) is 2.35. The number of amides is 1. The van der Waals surface area contributed by atoms with Crippen molar-refractivity contribution in [2.24, 2.45) is 0 Å². The van der Waals surface area contributed by atoms with Crippen LogP contribution in [0.25, 0.3) is 0 Å². The van der Waals surface area contributed by atoms with Gasteiger partial charge in [-0.1, -0.05) is 18.2 Å². The smallest absolute Gasteiger partial charge is 0.236 e. The van der Waals surface area contributed by atoms with Crippen molar-refractivity contribution < 1.29 is 8.91 Å². The highest BCUT2D eigenvalue weighted by atomic mass is 16.2. The van der Waals surface area contributed by atoms with Crippen LogP contribution in [0.4, 0.5) is 5.69 Å². The van der Waals surface area contributed by atoms with Gasteiger partial charge in [-0.05, 0) is 25.5 Å². The van der Waals surface area contributed by atoms with Crippen LogP contribution >= 0.6 is 0 Å². The first-order chi connectivity index (χ1) is 7.26. The van der Waals surface area contributed by atoms with E-state index in [1.807, 2.05) is 6.07 Å². The van der Waals surface area contributed by atoms with Crippen molar-refractivity contribution in [1.29, 1.82) is 0 Å². The Bertz CT molecular complexity index is 451. The Morgan fingerprint density at radius 3 is 2.77 bits per heavy atom. The number of likely N-dealkylation sites (N-methyl/N-ethyl adjacent to an activating group) is 1. The highest BCUT2D eigenvalue weighted by Crippen LogP contribution is 2.39. The summed E-state index contributed by atoms with van der Waals surface area (Å²) < 4.78 is 22.2. The molecule has 2 rings (SSSR count). The number of carbonyl (C=O) groups is 1. The molecule has 68 valence electrons. The largest absolute Gasteiger partial charge is 0.314 e. The van der Waals surface area contributed by atoms with Gasteiger partial charge in [0, 0.05) is 16.8 Å². The molecule has 0 fully saturated rings. The standard InChI is InChI=1S/C11H13NO/c1-11(2)8-6-4-5-7-9(8)12(3)10(11)13/h4-7H,1-3H3/i3D3. The van der Waals surface area contributed by atoms with Crippen molar-refractivity contribution in [3.63, 3.8) is 0 Å². The molecule has 1 aromatic rings. The molecule has 0 N–H and O–H groups in total. The second kappa shape index (κ2) is 2.34. The van der Waals surface area contributed by atoms with Gasteiger partial charge in [-0.2, -0.15) is 0 Å². The lowest BCUT2D eigenvalue weighted by Crippen LogP contribution is -2.33. The molecule has 0 aliphatic carbocycles. The molecule has 1 heterocycles. The zero-order chi connectivity index (χ0) is 12.1. The van der Waals surface area contributed by atoms with Gasteiger partial charge in [0.15, 0.2) is 0 Å². The maximum Gasteiger partial charge on any atom is 0.236 e. The number of rotatable bonds is 0. The summed E-state index contributed by atoms with van der Waals surface area (Å²) in [6.07, 6.45) is 0. The minimum absolute atomic E-state index is 0.367. The SMILES string of the molecule is [2H]C([2H])([2H])N1C(=O)C(C)(C)c2ccccc21. The van der Waals surface area contributed by atoms with Crippen LogP contribution in [0.5, 0.6) is 0 Å². The predicted octanol–water partition coefficient (Wildman–Crippen LogP) is 1.94. The summed E-state index contributed by atoms with van der Waals surface area (Å²) in [5.41, 5.74) is 0.513. The molecule has 0 saturated heterocycles. The number of benzene rings is 1. The molecule has 13 heavy (non-hydrogen) atoms. The first-order valence-electron chi connectivity index (χ1n) is 5.70. The zero-order valence-electron chi connectivity index (χ0n) is 10.7. The highest BCUT2D eigenvalue weighted by Gasteiger charge is 2.41. The van der Waals surface area contributed by atoms with Crippen LogP contribution < -0.4 is 4.90 Å². The van der Waals surface area contributed by atoms with Crippen molar-refractivity contribution >= 4 is 11.6 Å². The minimum Gasteiger partial charge on any atom is -0.314 e. The summed E-state index contributed by atoms with van der Waals surface area (Å²) in [4.78, 5) is 13.0. The van der Waals surface area contributed by atoms with E-state index in [4.69, 9.17) is 4.11 Å². The van der Waals surface area contributed by atoms with E-state index in [1.165, 1.54) is 0 Å². The molecular weight excluding hydrogens is 162 g/mol. The number of hydrogen-bond acceptors (Lipinski definition) is 1. The number of carbonyl (C=O) groups excluding carboxylic acids is 1. The fourth-order valence-electron chi connectivity index (χ4n) is 1.70. The minimum atomic E-state index is -2.42. The molecule has 0 bridgehead atoms. The van der Waals surface area contributed by atoms with Gasteiger partial charge in [0.05, 0.1) is 5.41 Å². The molecule has 2 heteroatoms. The van der Waals surface area contributed by atoms with E-state index >= 15 is 0 Å². The number of hydrogen-bond donors (Lipinski definition) is 0. The summed E-state index contributed by atoms with van der Waals surface area (Å²) in [5.74, 6) is -0.367. The Hall–Kier alpha value is -1.31. The molecule has 0 radical (unpaired) electrons. The molecule has 1 amide bonds. The number of fused-ring (bicyclic) bond motifs is 1. The molecule has 0 unspecified atom stereocenters. The van der Waals surface area contributed by atoms with Gasteiger partial charge < -0.3 is 4.90 Å². The van der Waals surface area contributed by atoms with Crippen molar-refractivity contribution in [3.8, 4) is 0 Å². The van der Waals surface area contributed by atoms with Gasteiger partial charge in [0.2, 0.25) is 5.91 Å². The van der Waals surface area contributed by atoms with Crippen molar-refractivity contribution in [3.05, 3.63) is 29.8 Å². The first kappa shape index (κ1) is 5.43. The monoisotopic (exact) mass is 178 g/mol. The lowest BCUT2D eigenvalue weighted by Gasteiger charge is -2.16. The van der Waals surface area contributed by atoms with E-state index in [2.05, 4.69) is 0 Å². The summed E-state index contributed by atoms with van der Waals surface area (Å²) in [6.45, 7) is 1.08. The Labute approximate surface area is 82.4 Å². The number of anilines is 1. The van der Waals surface area contributed by atoms with Crippen LogP contribution in [0, 0.1) is 0 Å². The predicted molar refractivity (Wildman–Crippen MR) is 52.9 cm³/mol. The Morgan fingerprint density at radius 2 is 2.08 bits per heavy atom. The first-order valence-corrected chi connectivity index (χ1v) is 4.20. The van der Waals surface area contributed by atoms with Crippen molar-refractivity contribution in [2.45, 2.75) is 19.3 Å². The third kappa shape index (κ3) is 0.916. The van der Waals surface area contributed by atoms with E-state index in [9.17, 15) is 4.79 Å². The van der Waals surface area contributed by atoms with Gasteiger partial charge in [-0.25, -0.2) is 0 Å². The molecule has 0 atom stereocenters. The molecule has 2 nitrogen and oxygen atoms in total. The van der Waals surface area contributed by atoms with Gasteiger partial charge >= 0.3 is 0 Å². The molecule has 1 aromatic carbocycles. The van der Waals surface area contributed by atoms with Crippen LogP contribution in [0.1, 0.15) is 23.5 Å². The maximum atomic E-state index is 12.1. The molecule has 0 spiro atoms. The summed E-state index contributed by atoms with van der Waals surface area (Å²) in [5, 5.41) is 0. The third-order valence-electron chi connectivity index (χ3n) is 2.56. The number of nitrogens with zero attached hydrogens (tertiary/aromatic N) is 1. The molecule has 0 saturated carbocycles. The average molecular weight is 178 g/mol. The van der Waals surface area contributed by atoms with E-state index in [-0.39, 0.29) is 5.91 Å². The van der Waals surface area contributed by atoms with Crippen LogP contribution in [0.3, 0.4) is 0 Å². The van der Waals surface area contributed by atoms with Gasteiger partial charge in [0.25, 0.3) is 0 Å². The Kier molecular flexibility index (Phi) is 0.979. The van der Waals surface area contributed by atoms with E-state index in [0.717, 1.165) is 10.5 Å². The fourth-order valence-corrected chi connectivity index (χ4v) is 1.70. The van der Waals surface area contributed by atoms with Gasteiger partial charge in [0.1, 0.15) is 0 Å². The number of para-hydroxylation sites is 1. The molecular formula is C11H13NO. The van der Waals surface area contributed by atoms with E-state index in [0.29, 0.717) is 5.69 Å². The fraction of sp³-hybridized carbons (Fsp3) is 0.364. The summed E-state index contributed by atoms with van der Waals surface area (Å²) in [7, 11) is 0. The van der Waals surface area contributed by atoms with E-state index in [1.54, 1.807) is 32.0 Å². The second-order valence-corrected chi connectivity index (χ2v) is 3.78. The van der Waals surface area contributed by atoms with Gasteiger partial charge in [-0.3, -0.25) is 4.79 Å². The second-order valence-electron chi connectivity index (χ2n) is 3.78. The third-order valence-corrected chi connectivity index (χ3v) is 2.56. The topological polar surface area (TPSA) is 20.3 Å². The molecule has 0 aromatic heterocycles. The Balaban J connectivity index is 2.65. The van der Waals surface area contributed by atoms with E-state index < -0.39 is 12.4 Å². The van der Waals surface area contributed by atoms with Gasteiger partial charge in [-0.15, -0.1) is 0 Å². The highest BCUT2D eigenvalue weighted by molar-refractivity contribution is 6.07. The van der Waals surface area contributed by atoms with Crippen LogP contribution in [-0.4, -0.2) is 12.9 Å². The molecule has 1 aliphatic rings. The zero-order valence-corrected chi connectivity index (χ0v) is 7.66. The van der Waals surface area contributed by atoms with Crippen LogP contribution in [0.2, 0.25) is 0 Å². The normalized spacial score (nSPS) is 23.4. The summed E-state index contributed by atoms with van der Waals surface area (Å²) >= 11 is 0. The lowest BCUT2D eigenvalue weighted by atomic mass is 9.86. The summed E-state index contributed by atoms with van der Waals surface area (Å²) in [6, 6.07) is 7.04. The quantitative estimate of drug-likeness (QED) is 0.594. The van der Waals surface area contributed by atoms with Crippen molar-refractivity contribution in [2.75, 3.05) is 11.9 Å². The molecule has 1 aliphatic heterocycles. The van der Waals surface area contributed by atoms with Crippen LogP contribution in [0.15, 0.2) is 24.3 Å². The van der Waals surface area contributed by atoms with Crippen molar-refractivity contribution in [1.82, 2.24) is 0 Å². The Morgan fingerprint density at radius 1 is 1.38 bits per heavy atom. The lowest BCUT2D eigenvalue weighted by molar-refractivity contribution is -0.121. The maximum absolute atomic E-state index is 12.1.